The summed E-state index contributed by atoms with van der Waals surface area (Å²) in [7, 11) is 1.94. The number of hydrogen-bond donors (Lipinski definition) is 1. The van der Waals surface area contributed by atoms with Crippen molar-refractivity contribution >= 4 is 11.8 Å². The van der Waals surface area contributed by atoms with E-state index in [1.54, 1.807) is 24.2 Å². The maximum absolute atomic E-state index is 10.3. The van der Waals surface area contributed by atoms with Crippen molar-refractivity contribution in [3.63, 3.8) is 0 Å². The van der Waals surface area contributed by atoms with Crippen LogP contribution in [-0.4, -0.2) is 36.2 Å². The largest absolute Gasteiger partial charge is 0.389 e. The Labute approximate surface area is 123 Å². The Balaban J connectivity index is 2.14. The number of aliphatic hydroxyl groups is 1. The van der Waals surface area contributed by atoms with E-state index in [-0.39, 0.29) is 0 Å². The highest BCUT2D eigenvalue weighted by atomic mass is 32.2. The van der Waals surface area contributed by atoms with Crippen molar-refractivity contribution in [2.75, 3.05) is 5.75 Å². The zero-order valence-electron chi connectivity index (χ0n) is 12.1. The summed E-state index contributed by atoms with van der Waals surface area (Å²) < 4.78 is 1.95. The van der Waals surface area contributed by atoms with Gasteiger partial charge in [-0.2, -0.15) is 0 Å². The van der Waals surface area contributed by atoms with Crippen molar-refractivity contribution in [3.8, 4) is 11.4 Å². The quantitative estimate of drug-likeness (QED) is 0.829. The lowest BCUT2D eigenvalue weighted by Crippen LogP contribution is -2.29. The molecule has 2 aromatic rings. The summed E-state index contributed by atoms with van der Waals surface area (Å²) in [5, 5.41) is 19.6. The highest BCUT2D eigenvalue weighted by Crippen LogP contribution is 2.27. The van der Waals surface area contributed by atoms with E-state index in [1.165, 1.54) is 0 Å². The molecule has 0 spiro atoms. The van der Waals surface area contributed by atoms with Crippen LogP contribution in [0.2, 0.25) is 0 Å². The molecule has 6 heteroatoms. The fraction of sp³-hybridized carbons (Fsp3) is 0.500. The molecule has 2 rings (SSSR count). The van der Waals surface area contributed by atoms with Gasteiger partial charge >= 0.3 is 0 Å². The molecule has 2 aromatic heterocycles. The molecule has 0 aliphatic heterocycles. The van der Waals surface area contributed by atoms with Crippen LogP contribution < -0.4 is 0 Å². The van der Waals surface area contributed by atoms with Crippen molar-refractivity contribution in [2.24, 2.45) is 7.05 Å². The molecule has 0 aliphatic rings. The minimum absolute atomic E-state index is 0.627. The van der Waals surface area contributed by atoms with Crippen molar-refractivity contribution in [1.29, 1.82) is 0 Å². The topological polar surface area (TPSA) is 63.8 Å². The molecular formula is C14H20N4OS. The molecule has 0 atom stereocenters. The van der Waals surface area contributed by atoms with E-state index in [0.29, 0.717) is 5.75 Å². The first-order chi connectivity index (χ1) is 9.59. The van der Waals surface area contributed by atoms with Crippen molar-refractivity contribution in [1.82, 2.24) is 19.7 Å². The number of nitrogens with zero attached hydrogens (tertiary/aromatic N) is 4. The average molecular weight is 292 g/mol. The fourth-order valence-electron chi connectivity index (χ4n) is 1.85. The van der Waals surface area contributed by atoms with Crippen molar-refractivity contribution in [3.05, 3.63) is 24.5 Å². The van der Waals surface area contributed by atoms with E-state index in [1.807, 2.05) is 37.6 Å². The smallest absolute Gasteiger partial charge is 0.191 e. The van der Waals surface area contributed by atoms with Crippen LogP contribution in [0.4, 0.5) is 0 Å². The summed E-state index contributed by atoms with van der Waals surface area (Å²) >= 11 is 1.54. The number of hydrogen-bond acceptors (Lipinski definition) is 5. The molecule has 5 nitrogen and oxygen atoms in total. The van der Waals surface area contributed by atoms with Crippen LogP contribution in [0.1, 0.15) is 26.7 Å². The maximum Gasteiger partial charge on any atom is 0.191 e. The number of thioether (sulfide) groups is 1. The SMILES string of the molecule is CCC(O)(CC)CSc1nnc(-c2ccncc2)n1C. The monoisotopic (exact) mass is 292 g/mol. The first-order valence-electron chi connectivity index (χ1n) is 6.74. The minimum atomic E-state index is -0.632. The minimum Gasteiger partial charge on any atom is -0.389 e. The van der Waals surface area contributed by atoms with E-state index < -0.39 is 5.60 Å². The Hall–Kier alpha value is -1.40. The second kappa shape index (κ2) is 6.37. The van der Waals surface area contributed by atoms with Crippen LogP contribution in [0.25, 0.3) is 11.4 Å². The molecule has 2 heterocycles. The van der Waals surface area contributed by atoms with Gasteiger partial charge in [-0.3, -0.25) is 4.98 Å². The summed E-state index contributed by atoms with van der Waals surface area (Å²) in [6.07, 6.45) is 4.96. The summed E-state index contributed by atoms with van der Waals surface area (Å²) in [5.74, 6) is 1.44. The van der Waals surface area contributed by atoms with E-state index >= 15 is 0 Å². The van der Waals surface area contributed by atoms with E-state index in [2.05, 4.69) is 15.2 Å². The second-order valence-corrected chi connectivity index (χ2v) is 5.76. The summed E-state index contributed by atoms with van der Waals surface area (Å²) in [5.41, 5.74) is 0.357. The highest BCUT2D eigenvalue weighted by molar-refractivity contribution is 7.99. The lowest BCUT2D eigenvalue weighted by atomic mass is 10.0. The summed E-state index contributed by atoms with van der Waals surface area (Å²) in [4.78, 5) is 4.00. The molecule has 0 saturated carbocycles. The number of pyridine rings is 1. The molecule has 0 radical (unpaired) electrons. The van der Waals surface area contributed by atoms with Gasteiger partial charge in [-0.25, -0.2) is 0 Å². The molecule has 1 N–H and O–H groups in total. The highest BCUT2D eigenvalue weighted by Gasteiger charge is 2.23. The molecule has 0 aromatic carbocycles. The van der Waals surface area contributed by atoms with Gasteiger partial charge in [0.05, 0.1) is 5.60 Å². The predicted octanol–water partition coefficient (Wildman–Crippen LogP) is 2.52. The fourth-order valence-corrected chi connectivity index (χ4v) is 3.03. The third-order valence-corrected chi connectivity index (χ3v) is 4.85. The molecule has 0 bridgehead atoms. The van der Waals surface area contributed by atoms with Crippen LogP contribution in [0.5, 0.6) is 0 Å². The van der Waals surface area contributed by atoms with Gasteiger partial charge in [0, 0.05) is 30.8 Å². The third-order valence-electron chi connectivity index (χ3n) is 3.56. The lowest BCUT2D eigenvalue weighted by Gasteiger charge is -2.24. The summed E-state index contributed by atoms with van der Waals surface area (Å²) in [6.45, 7) is 4.01. The van der Waals surface area contributed by atoms with Gasteiger partial charge in [0.2, 0.25) is 0 Å². The Bertz CT molecular complexity index is 552. The van der Waals surface area contributed by atoms with Crippen LogP contribution >= 0.6 is 11.8 Å². The molecular weight excluding hydrogens is 272 g/mol. The van der Waals surface area contributed by atoms with Gasteiger partial charge in [0.15, 0.2) is 11.0 Å². The van der Waals surface area contributed by atoms with Crippen LogP contribution in [0.15, 0.2) is 29.7 Å². The van der Waals surface area contributed by atoms with Gasteiger partial charge in [-0.15, -0.1) is 10.2 Å². The zero-order chi connectivity index (χ0) is 14.6. The van der Waals surface area contributed by atoms with Gasteiger partial charge in [0.25, 0.3) is 0 Å². The van der Waals surface area contributed by atoms with Crippen LogP contribution in [-0.2, 0) is 7.05 Å². The van der Waals surface area contributed by atoms with Crippen LogP contribution in [0.3, 0.4) is 0 Å². The van der Waals surface area contributed by atoms with E-state index in [0.717, 1.165) is 29.4 Å². The van der Waals surface area contributed by atoms with Gasteiger partial charge in [-0.05, 0) is 25.0 Å². The molecule has 108 valence electrons. The second-order valence-electron chi connectivity index (χ2n) is 4.82. The standard InChI is InChI=1S/C14H20N4OS/c1-4-14(19,5-2)10-20-13-17-16-12(18(13)3)11-6-8-15-9-7-11/h6-9,19H,4-5,10H2,1-3H3. The third kappa shape index (κ3) is 3.19. The van der Waals surface area contributed by atoms with Gasteiger partial charge in [-0.1, -0.05) is 25.6 Å². The first kappa shape index (κ1) is 15.0. The van der Waals surface area contributed by atoms with Gasteiger partial charge < -0.3 is 9.67 Å². The lowest BCUT2D eigenvalue weighted by molar-refractivity contribution is 0.0571. The molecule has 0 aliphatic carbocycles. The predicted molar refractivity (Wildman–Crippen MR) is 80.5 cm³/mol. The van der Waals surface area contributed by atoms with Crippen molar-refractivity contribution in [2.45, 2.75) is 37.4 Å². The number of aromatic nitrogens is 4. The summed E-state index contributed by atoms with van der Waals surface area (Å²) in [6, 6.07) is 3.82. The van der Waals surface area contributed by atoms with Crippen LogP contribution in [0, 0.1) is 0 Å². The van der Waals surface area contributed by atoms with E-state index in [9.17, 15) is 5.11 Å². The normalized spacial score (nSPS) is 11.8. The zero-order valence-corrected chi connectivity index (χ0v) is 12.9. The molecule has 0 fully saturated rings. The Morgan fingerprint density at radius 2 is 1.85 bits per heavy atom. The first-order valence-corrected chi connectivity index (χ1v) is 7.73. The molecule has 0 unspecified atom stereocenters. The Morgan fingerprint density at radius 1 is 1.20 bits per heavy atom. The Kier molecular flexibility index (Phi) is 4.77. The van der Waals surface area contributed by atoms with Crippen molar-refractivity contribution < 1.29 is 5.11 Å². The maximum atomic E-state index is 10.3. The van der Waals surface area contributed by atoms with Gasteiger partial charge in [0.1, 0.15) is 0 Å². The molecule has 20 heavy (non-hydrogen) atoms. The van der Waals surface area contributed by atoms with E-state index in [4.69, 9.17) is 0 Å². The Morgan fingerprint density at radius 3 is 2.45 bits per heavy atom. The average Bonchev–Trinajstić information content (AvgIpc) is 2.87. The number of rotatable bonds is 6. The molecule has 0 saturated heterocycles. The molecule has 0 amide bonds.